The minimum atomic E-state index is 0.602. The predicted octanol–water partition coefficient (Wildman–Crippen LogP) is 2.17. The highest BCUT2D eigenvalue weighted by Crippen LogP contribution is 2.29. The number of fused-ring (bicyclic) bond motifs is 3. The second kappa shape index (κ2) is 4.43. The van der Waals surface area contributed by atoms with Crippen LogP contribution < -0.4 is 5.32 Å². The SMILES string of the molecule is C#Cc1cccc(NC2CN3CCC2CC3)c1. The Kier molecular flexibility index (Phi) is 2.78. The number of anilines is 1. The highest BCUT2D eigenvalue weighted by Gasteiger charge is 2.33. The van der Waals surface area contributed by atoms with E-state index < -0.39 is 0 Å². The van der Waals surface area contributed by atoms with Crippen molar-refractivity contribution in [2.45, 2.75) is 18.9 Å². The molecule has 0 amide bonds. The van der Waals surface area contributed by atoms with Gasteiger partial charge in [-0.2, -0.15) is 0 Å². The molecule has 0 aliphatic carbocycles. The van der Waals surface area contributed by atoms with Gasteiger partial charge in [-0.25, -0.2) is 0 Å². The number of terminal acetylenes is 1. The maximum Gasteiger partial charge on any atom is 0.0417 e. The lowest BCUT2D eigenvalue weighted by molar-refractivity contribution is 0.0975. The van der Waals surface area contributed by atoms with E-state index in [0.717, 1.165) is 11.5 Å². The largest absolute Gasteiger partial charge is 0.381 e. The van der Waals surface area contributed by atoms with E-state index in [4.69, 9.17) is 6.42 Å². The third-order valence-electron chi connectivity index (χ3n) is 4.04. The fourth-order valence-corrected chi connectivity index (χ4v) is 3.04. The standard InChI is InChI=1S/C15H18N2/c1-2-12-4-3-5-14(10-12)16-15-11-17-8-6-13(15)7-9-17/h1,3-5,10,13,15-16H,6-9,11H2. The molecule has 1 atom stereocenters. The molecule has 3 aliphatic heterocycles. The molecule has 1 aromatic carbocycles. The first kappa shape index (κ1) is 10.7. The molecular formula is C15H18N2. The number of piperidine rings is 3. The lowest BCUT2D eigenvalue weighted by Crippen LogP contribution is -2.53. The third-order valence-corrected chi connectivity index (χ3v) is 4.04. The van der Waals surface area contributed by atoms with Crippen molar-refractivity contribution in [3.8, 4) is 12.3 Å². The van der Waals surface area contributed by atoms with Crippen molar-refractivity contribution in [2.24, 2.45) is 5.92 Å². The first-order valence-corrected chi connectivity index (χ1v) is 6.41. The Labute approximate surface area is 103 Å². The van der Waals surface area contributed by atoms with E-state index in [9.17, 15) is 0 Å². The highest BCUT2D eigenvalue weighted by atomic mass is 15.2. The fourth-order valence-electron chi connectivity index (χ4n) is 3.04. The summed E-state index contributed by atoms with van der Waals surface area (Å²) in [5, 5.41) is 3.65. The molecular weight excluding hydrogens is 208 g/mol. The molecule has 1 aromatic rings. The van der Waals surface area contributed by atoms with Gasteiger partial charge in [-0.3, -0.25) is 0 Å². The molecule has 3 aliphatic rings. The molecule has 88 valence electrons. The van der Waals surface area contributed by atoms with E-state index >= 15 is 0 Å². The molecule has 2 heteroatoms. The van der Waals surface area contributed by atoms with E-state index in [1.54, 1.807) is 0 Å². The van der Waals surface area contributed by atoms with Crippen LogP contribution in [0.1, 0.15) is 18.4 Å². The van der Waals surface area contributed by atoms with Crippen molar-refractivity contribution in [3.63, 3.8) is 0 Å². The smallest absolute Gasteiger partial charge is 0.0417 e. The molecule has 2 nitrogen and oxygen atoms in total. The molecule has 0 aromatic heterocycles. The Balaban J connectivity index is 1.72. The molecule has 3 heterocycles. The summed E-state index contributed by atoms with van der Waals surface area (Å²) < 4.78 is 0. The summed E-state index contributed by atoms with van der Waals surface area (Å²) in [6, 6.07) is 8.78. The second-order valence-electron chi connectivity index (χ2n) is 5.11. The van der Waals surface area contributed by atoms with Gasteiger partial charge in [0, 0.05) is 23.8 Å². The predicted molar refractivity (Wildman–Crippen MR) is 71.0 cm³/mol. The van der Waals surface area contributed by atoms with Gasteiger partial charge in [-0.1, -0.05) is 12.0 Å². The minimum absolute atomic E-state index is 0.602. The van der Waals surface area contributed by atoms with Crippen LogP contribution in [0.4, 0.5) is 5.69 Å². The molecule has 17 heavy (non-hydrogen) atoms. The second-order valence-corrected chi connectivity index (χ2v) is 5.11. The van der Waals surface area contributed by atoms with Crippen LogP contribution in [-0.4, -0.2) is 30.6 Å². The van der Waals surface area contributed by atoms with Crippen LogP contribution in [0.3, 0.4) is 0 Å². The average Bonchev–Trinajstić information content (AvgIpc) is 2.40. The molecule has 4 rings (SSSR count). The van der Waals surface area contributed by atoms with E-state index in [1.165, 1.54) is 38.2 Å². The number of rotatable bonds is 2. The van der Waals surface area contributed by atoms with Gasteiger partial charge in [0.25, 0.3) is 0 Å². The first-order chi connectivity index (χ1) is 8.35. The Morgan fingerprint density at radius 3 is 2.76 bits per heavy atom. The minimum Gasteiger partial charge on any atom is -0.381 e. The van der Waals surface area contributed by atoms with Crippen LogP contribution in [0.25, 0.3) is 0 Å². The third kappa shape index (κ3) is 2.16. The number of benzene rings is 1. The van der Waals surface area contributed by atoms with E-state index in [2.05, 4.69) is 28.3 Å². The Hall–Kier alpha value is -1.46. The summed E-state index contributed by atoms with van der Waals surface area (Å²) >= 11 is 0. The van der Waals surface area contributed by atoms with Gasteiger partial charge in [0.05, 0.1) is 0 Å². The quantitative estimate of drug-likeness (QED) is 0.778. The van der Waals surface area contributed by atoms with Gasteiger partial charge in [-0.05, 0) is 50.0 Å². The molecule has 0 saturated carbocycles. The highest BCUT2D eigenvalue weighted by molar-refractivity contribution is 5.50. The number of hydrogen-bond acceptors (Lipinski definition) is 2. The van der Waals surface area contributed by atoms with Crippen LogP contribution in [0, 0.1) is 18.3 Å². The van der Waals surface area contributed by atoms with Crippen LogP contribution in [-0.2, 0) is 0 Å². The summed E-state index contributed by atoms with van der Waals surface area (Å²) in [5.41, 5.74) is 2.12. The van der Waals surface area contributed by atoms with Crippen molar-refractivity contribution < 1.29 is 0 Å². The van der Waals surface area contributed by atoms with Crippen LogP contribution in [0.2, 0.25) is 0 Å². The van der Waals surface area contributed by atoms with Crippen molar-refractivity contribution >= 4 is 5.69 Å². The lowest BCUT2D eigenvalue weighted by Gasteiger charge is -2.45. The first-order valence-electron chi connectivity index (χ1n) is 6.41. The van der Waals surface area contributed by atoms with Crippen molar-refractivity contribution in [1.82, 2.24) is 4.90 Å². The Bertz CT molecular complexity index is 438. The molecule has 0 radical (unpaired) electrons. The molecule has 3 saturated heterocycles. The molecule has 3 fully saturated rings. The monoisotopic (exact) mass is 226 g/mol. The van der Waals surface area contributed by atoms with Crippen LogP contribution in [0.5, 0.6) is 0 Å². The molecule has 2 bridgehead atoms. The maximum atomic E-state index is 5.43. The zero-order valence-corrected chi connectivity index (χ0v) is 10.0. The molecule has 1 unspecified atom stereocenters. The number of hydrogen-bond donors (Lipinski definition) is 1. The Morgan fingerprint density at radius 2 is 2.12 bits per heavy atom. The van der Waals surface area contributed by atoms with Gasteiger partial charge >= 0.3 is 0 Å². The van der Waals surface area contributed by atoms with Crippen molar-refractivity contribution in [1.29, 1.82) is 0 Å². The van der Waals surface area contributed by atoms with Crippen molar-refractivity contribution in [3.05, 3.63) is 29.8 Å². The van der Waals surface area contributed by atoms with Crippen LogP contribution >= 0.6 is 0 Å². The topological polar surface area (TPSA) is 15.3 Å². The van der Waals surface area contributed by atoms with E-state index in [-0.39, 0.29) is 0 Å². The zero-order chi connectivity index (χ0) is 11.7. The lowest BCUT2D eigenvalue weighted by atomic mass is 9.84. The van der Waals surface area contributed by atoms with Gasteiger partial charge < -0.3 is 10.2 Å². The van der Waals surface area contributed by atoms with Gasteiger partial charge in [0.2, 0.25) is 0 Å². The molecule has 1 N–H and O–H groups in total. The normalized spacial score (nSPS) is 30.9. The van der Waals surface area contributed by atoms with Gasteiger partial charge in [-0.15, -0.1) is 6.42 Å². The summed E-state index contributed by atoms with van der Waals surface area (Å²) in [7, 11) is 0. The zero-order valence-electron chi connectivity index (χ0n) is 10.0. The summed E-state index contributed by atoms with van der Waals surface area (Å²) in [4.78, 5) is 2.56. The number of nitrogens with one attached hydrogen (secondary N) is 1. The fraction of sp³-hybridized carbons (Fsp3) is 0.467. The van der Waals surface area contributed by atoms with Crippen LogP contribution in [0.15, 0.2) is 24.3 Å². The Morgan fingerprint density at radius 1 is 1.29 bits per heavy atom. The van der Waals surface area contributed by atoms with Gasteiger partial charge in [0.1, 0.15) is 0 Å². The van der Waals surface area contributed by atoms with E-state index in [1.807, 2.05) is 12.1 Å². The average molecular weight is 226 g/mol. The van der Waals surface area contributed by atoms with E-state index in [0.29, 0.717) is 6.04 Å². The summed E-state index contributed by atoms with van der Waals surface area (Å²) in [6.07, 6.45) is 8.11. The number of nitrogens with zero attached hydrogens (tertiary/aromatic N) is 1. The maximum absolute atomic E-state index is 5.43. The summed E-state index contributed by atoms with van der Waals surface area (Å²) in [5.74, 6) is 3.53. The van der Waals surface area contributed by atoms with Crippen molar-refractivity contribution in [2.75, 3.05) is 25.0 Å². The molecule has 0 spiro atoms. The van der Waals surface area contributed by atoms with Gasteiger partial charge in [0.15, 0.2) is 0 Å². The summed E-state index contributed by atoms with van der Waals surface area (Å²) in [6.45, 7) is 3.76.